The quantitative estimate of drug-likeness (QED) is 0.475. The van der Waals surface area contributed by atoms with E-state index in [4.69, 9.17) is 16.0 Å². The van der Waals surface area contributed by atoms with Crippen LogP contribution in [-0.2, 0) is 6.42 Å². The summed E-state index contributed by atoms with van der Waals surface area (Å²) in [6.45, 7) is 4.40. The molecular weight excluding hydrogens is 450 g/mol. The van der Waals surface area contributed by atoms with E-state index in [2.05, 4.69) is 15.0 Å². The van der Waals surface area contributed by atoms with E-state index in [1.807, 2.05) is 31.2 Å². The van der Waals surface area contributed by atoms with Crippen molar-refractivity contribution in [2.45, 2.75) is 19.4 Å². The van der Waals surface area contributed by atoms with Crippen LogP contribution in [0.1, 0.15) is 39.8 Å². The Hall–Kier alpha value is -2.88. The zero-order valence-electron chi connectivity index (χ0n) is 17.4. The lowest BCUT2D eigenvalue weighted by atomic mass is 10.0. The van der Waals surface area contributed by atoms with Crippen molar-refractivity contribution in [1.82, 2.24) is 24.4 Å². The molecule has 166 valence electrons. The third-order valence-electron chi connectivity index (χ3n) is 5.69. The zero-order valence-corrected chi connectivity index (χ0v) is 19.0. The highest BCUT2D eigenvalue weighted by Gasteiger charge is 2.33. The van der Waals surface area contributed by atoms with Crippen molar-refractivity contribution >= 4 is 33.8 Å². The second-order valence-electron chi connectivity index (χ2n) is 7.63. The lowest BCUT2D eigenvalue weighted by molar-refractivity contribution is 0.0568. The van der Waals surface area contributed by atoms with Crippen LogP contribution in [-0.4, -0.2) is 61.6 Å². The Kier molecular flexibility index (Phi) is 5.62. The number of carbonyl (C=O) groups is 1. The molecule has 0 bridgehead atoms. The second-order valence-corrected chi connectivity index (χ2v) is 9.07. The van der Waals surface area contributed by atoms with Gasteiger partial charge in [-0.3, -0.25) is 9.69 Å². The van der Waals surface area contributed by atoms with Gasteiger partial charge in [-0.2, -0.15) is 4.52 Å². The Morgan fingerprint density at radius 3 is 2.59 bits per heavy atom. The number of aromatic nitrogens is 3. The average molecular weight is 472 g/mol. The third kappa shape index (κ3) is 3.76. The first-order valence-electron chi connectivity index (χ1n) is 10.4. The molecule has 32 heavy (non-hydrogen) atoms. The van der Waals surface area contributed by atoms with Gasteiger partial charge in [-0.15, -0.1) is 5.10 Å². The van der Waals surface area contributed by atoms with E-state index < -0.39 is 0 Å². The number of hydrogen-bond acceptors (Lipinski definition) is 7. The monoisotopic (exact) mass is 471 g/mol. The average Bonchev–Trinajstić information content (AvgIpc) is 3.54. The molecule has 4 heterocycles. The molecule has 0 radical (unpaired) electrons. The fraction of sp³-hybridized carbons (Fsp3) is 0.318. The number of aromatic hydroxyl groups is 1. The maximum Gasteiger partial charge on any atom is 0.289 e. The highest BCUT2D eigenvalue weighted by atomic mass is 35.5. The number of thiazole rings is 1. The van der Waals surface area contributed by atoms with Gasteiger partial charge >= 0.3 is 0 Å². The Bertz CT molecular complexity index is 1230. The van der Waals surface area contributed by atoms with E-state index in [0.717, 1.165) is 10.4 Å². The molecule has 1 fully saturated rings. The van der Waals surface area contributed by atoms with E-state index in [-0.39, 0.29) is 17.8 Å². The smallest absolute Gasteiger partial charge is 0.289 e. The van der Waals surface area contributed by atoms with Gasteiger partial charge in [-0.1, -0.05) is 42.0 Å². The number of aryl methyl sites for hydroxylation is 1. The molecule has 1 N–H and O–H groups in total. The van der Waals surface area contributed by atoms with E-state index in [0.29, 0.717) is 54.2 Å². The van der Waals surface area contributed by atoms with Crippen LogP contribution in [0.15, 0.2) is 47.1 Å². The second kappa shape index (κ2) is 8.57. The van der Waals surface area contributed by atoms with Crippen molar-refractivity contribution in [1.29, 1.82) is 0 Å². The summed E-state index contributed by atoms with van der Waals surface area (Å²) in [5.74, 6) is 1.05. The van der Waals surface area contributed by atoms with Crippen molar-refractivity contribution in [2.24, 2.45) is 0 Å². The number of piperazine rings is 1. The van der Waals surface area contributed by atoms with Gasteiger partial charge in [0, 0.05) is 37.6 Å². The summed E-state index contributed by atoms with van der Waals surface area (Å²) < 4.78 is 6.78. The molecule has 1 unspecified atom stereocenters. The maximum atomic E-state index is 12.7. The predicted molar refractivity (Wildman–Crippen MR) is 121 cm³/mol. The van der Waals surface area contributed by atoms with E-state index in [9.17, 15) is 9.90 Å². The van der Waals surface area contributed by atoms with Crippen LogP contribution in [0, 0.1) is 0 Å². The molecule has 0 spiro atoms. The van der Waals surface area contributed by atoms with Crippen LogP contribution < -0.4 is 0 Å². The van der Waals surface area contributed by atoms with E-state index in [1.54, 1.807) is 17.0 Å². The fourth-order valence-corrected chi connectivity index (χ4v) is 5.29. The minimum absolute atomic E-state index is 0.103. The number of furan rings is 1. The number of halogens is 1. The Morgan fingerprint density at radius 2 is 1.97 bits per heavy atom. The van der Waals surface area contributed by atoms with Crippen LogP contribution in [0.25, 0.3) is 4.96 Å². The SMILES string of the molecule is CCc1nc2sc(C(c3ccc(Cl)cc3)N3CCN(C(=O)c4ccco4)CC3)c(O)n2n1. The van der Waals surface area contributed by atoms with Gasteiger partial charge in [0.2, 0.25) is 10.8 Å². The number of rotatable bonds is 5. The number of amides is 1. The van der Waals surface area contributed by atoms with Gasteiger partial charge < -0.3 is 14.4 Å². The van der Waals surface area contributed by atoms with Gasteiger partial charge in [0.1, 0.15) is 0 Å². The summed E-state index contributed by atoms with van der Waals surface area (Å²) >= 11 is 7.56. The summed E-state index contributed by atoms with van der Waals surface area (Å²) in [5, 5.41) is 16.1. The fourth-order valence-electron chi connectivity index (χ4n) is 4.03. The molecule has 10 heteroatoms. The Labute approximate surface area is 193 Å². The molecule has 1 saturated heterocycles. The van der Waals surface area contributed by atoms with Crippen LogP contribution in [0.5, 0.6) is 5.88 Å². The van der Waals surface area contributed by atoms with E-state index in [1.165, 1.54) is 22.1 Å². The third-order valence-corrected chi connectivity index (χ3v) is 7.02. The summed E-state index contributed by atoms with van der Waals surface area (Å²) in [5.41, 5.74) is 1.01. The first kappa shape index (κ1) is 21.0. The molecule has 8 nitrogen and oxygen atoms in total. The van der Waals surface area contributed by atoms with Crippen molar-refractivity contribution in [3.05, 3.63) is 69.7 Å². The summed E-state index contributed by atoms with van der Waals surface area (Å²) in [4.78, 5) is 22.7. The van der Waals surface area contributed by atoms with Crippen molar-refractivity contribution in [2.75, 3.05) is 26.2 Å². The van der Waals surface area contributed by atoms with Gasteiger partial charge in [-0.05, 0) is 29.8 Å². The summed E-state index contributed by atoms with van der Waals surface area (Å²) in [6.07, 6.45) is 2.21. The molecule has 1 aliphatic rings. The summed E-state index contributed by atoms with van der Waals surface area (Å²) in [7, 11) is 0. The molecule has 1 amide bonds. The molecule has 1 aromatic carbocycles. The minimum Gasteiger partial charge on any atom is -0.492 e. The first-order valence-corrected chi connectivity index (χ1v) is 11.6. The van der Waals surface area contributed by atoms with Gasteiger partial charge in [0.05, 0.1) is 17.2 Å². The minimum atomic E-state index is -0.202. The van der Waals surface area contributed by atoms with E-state index >= 15 is 0 Å². The molecule has 4 aromatic rings. The standard InChI is InChI=1S/C22H22ClN5O3S/c1-2-17-24-22-28(25-17)21(30)19(32-22)18(14-5-7-15(23)8-6-14)26-9-11-27(12-10-26)20(29)16-4-3-13-31-16/h3-8,13,18,30H,2,9-12H2,1H3. The largest absolute Gasteiger partial charge is 0.492 e. The van der Waals surface area contributed by atoms with Crippen molar-refractivity contribution in [3.8, 4) is 5.88 Å². The van der Waals surface area contributed by atoms with Crippen LogP contribution in [0.3, 0.4) is 0 Å². The lowest BCUT2D eigenvalue weighted by Gasteiger charge is -2.38. The van der Waals surface area contributed by atoms with Gasteiger partial charge in [-0.25, -0.2) is 4.98 Å². The molecule has 1 aliphatic heterocycles. The molecule has 1 atom stereocenters. The zero-order chi connectivity index (χ0) is 22.2. The molecular formula is C22H22ClN5O3S. The highest BCUT2D eigenvalue weighted by molar-refractivity contribution is 7.17. The van der Waals surface area contributed by atoms with Gasteiger partial charge in [0.15, 0.2) is 11.6 Å². The number of hydrogen-bond donors (Lipinski definition) is 1. The topological polar surface area (TPSA) is 87.1 Å². The van der Waals surface area contributed by atoms with Crippen LogP contribution in [0.2, 0.25) is 5.02 Å². The van der Waals surface area contributed by atoms with Crippen molar-refractivity contribution < 1.29 is 14.3 Å². The normalized spacial score (nSPS) is 16.0. The predicted octanol–water partition coefficient (Wildman–Crippen LogP) is 3.85. The summed E-state index contributed by atoms with van der Waals surface area (Å²) in [6, 6.07) is 10.8. The van der Waals surface area contributed by atoms with Crippen LogP contribution in [0.4, 0.5) is 0 Å². The molecule has 0 saturated carbocycles. The molecule has 0 aliphatic carbocycles. The number of nitrogens with zero attached hydrogens (tertiary/aromatic N) is 5. The Balaban J connectivity index is 1.45. The first-order chi connectivity index (χ1) is 15.5. The van der Waals surface area contributed by atoms with Crippen molar-refractivity contribution in [3.63, 3.8) is 0 Å². The van der Waals surface area contributed by atoms with Gasteiger partial charge in [0.25, 0.3) is 5.91 Å². The lowest BCUT2D eigenvalue weighted by Crippen LogP contribution is -2.49. The number of benzene rings is 1. The number of fused-ring (bicyclic) bond motifs is 1. The van der Waals surface area contributed by atoms with Crippen LogP contribution >= 0.6 is 22.9 Å². The molecule has 5 rings (SSSR count). The Morgan fingerprint density at radius 1 is 1.22 bits per heavy atom. The maximum absolute atomic E-state index is 12.7. The highest BCUT2D eigenvalue weighted by Crippen LogP contribution is 2.40. The molecule has 3 aromatic heterocycles. The number of carbonyl (C=O) groups excluding carboxylic acids is 1.